The highest BCUT2D eigenvalue weighted by Crippen LogP contribution is 2.24. The number of nitrogens with zero attached hydrogens (tertiary/aromatic N) is 2. The molecule has 0 radical (unpaired) electrons. The number of aliphatic hydroxyl groups is 1. The van der Waals surface area contributed by atoms with E-state index in [0.717, 1.165) is 19.1 Å². The zero-order valence-corrected chi connectivity index (χ0v) is 16.2. The maximum atomic E-state index is 11.8. The highest BCUT2D eigenvalue weighted by Gasteiger charge is 2.21. The summed E-state index contributed by atoms with van der Waals surface area (Å²) in [4.78, 5) is 20.3. The third kappa shape index (κ3) is 4.96. The Bertz CT molecular complexity index is 972. The van der Waals surface area contributed by atoms with Gasteiger partial charge in [0.15, 0.2) is 21.3 Å². The molecule has 1 aliphatic carbocycles. The van der Waals surface area contributed by atoms with E-state index >= 15 is 0 Å². The van der Waals surface area contributed by atoms with Crippen molar-refractivity contribution in [1.82, 2.24) is 9.97 Å². The summed E-state index contributed by atoms with van der Waals surface area (Å²) in [6, 6.07) is 6.33. The van der Waals surface area contributed by atoms with Crippen LogP contribution in [0.5, 0.6) is 0 Å². The Morgan fingerprint density at radius 1 is 1.25 bits per heavy atom. The number of rotatable bonds is 6. The summed E-state index contributed by atoms with van der Waals surface area (Å²) in [5.41, 5.74) is 5.79. The number of hydrogen-bond donors (Lipinski definition) is 4. The van der Waals surface area contributed by atoms with Crippen molar-refractivity contribution in [3.8, 4) is 0 Å². The molecule has 0 unspecified atom stereocenters. The second-order valence-electron chi connectivity index (χ2n) is 6.89. The number of nitrogens with two attached hydrogens (primary N) is 1. The van der Waals surface area contributed by atoms with Gasteiger partial charge in [0.25, 0.3) is 5.91 Å². The van der Waals surface area contributed by atoms with Crippen molar-refractivity contribution in [1.29, 1.82) is 0 Å². The molecule has 0 atom stereocenters. The molecule has 5 N–H and O–H groups in total. The van der Waals surface area contributed by atoms with Crippen LogP contribution in [0.1, 0.15) is 36.2 Å². The van der Waals surface area contributed by atoms with E-state index in [1.165, 1.54) is 18.3 Å². The number of amides is 1. The Balaban J connectivity index is 1.85. The number of benzene rings is 1. The van der Waals surface area contributed by atoms with Gasteiger partial charge in [-0.1, -0.05) is 6.07 Å². The predicted octanol–water partition coefficient (Wildman–Crippen LogP) is 1.44. The molecule has 2 aromatic rings. The van der Waals surface area contributed by atoms with E-state index in [-0.39, 0.29) is 28.6 Å². The van der Waals surface area contributed by atoms with E-state index in [1.807, 2.05) is 0 Å². The van der Waals surface area contributed by atoms with E-state index in [9.17, 15) is 18.3 Å². The molecular weight excluding hydrogens is 382 g/mol. The third-order valence-corrected chi connectivity index (χ3v) is 5.69. The summed E-state index contributed by atoms with van der Waals surface area (Å²) < 4.78 is 23.5. The van der Waals surface area contributed by atoms with Gasteiger partial charge in [-0.25, -0.2) is 18.4 Å². The first-order valence-electron chi connectivity index (χ1n) is 8.91. The van der Waals surface area contributed by atoms with Crippen LogP contribution in [0.25, 0.3) is 0 Å². The van der Waals surface area contributed by atoms with Crippen LogP contribution >= 0.6 is 0 Å². The van der Waals surface area contributed by atoms with Gasteiger partial charge in [-0.15, -0.1) is 0 Å². The molecule has 0 aliphatic heterocycles. The van der Waals surface area contributed by atoms with Crippen LogP contribution in [0.3, 0.4) is 0 Å². The minimum Gasteiger partial charge on any atom is -0.393 e. The number of carbonyl (C=O) groups is 1. The fourth-order valence-corrected chi connectivity index (χ4v) is 3.76. The topological polar surface area (TPSA) is 147 Å². The predicted molar refractivity (Wildman–Crippen MR) is 105 cm³/mol. The zero-order valence-electron chi connectivity index (χ0n) is 15.4. The van der Waals surface area contributed by atoms with E-state index in [0.29, 0.717) is 24.3 Å². The number of primary amides is 1. The first kappa shape index (κ1) is 20.0. The van der Waals surface area contributed by atoms with Crippen molar-refractivity contribution >= 4 is 33.1 Å². The van der Waals surface area contributed by atoms with Crippen molar-refractivity contribution in [2.24, 2.45) is 5.73 Å². The Morgan fingerprint density at radius 3 is 2.61 bits per heavy atom. The lowest BCUT2D eigenvalue weighted by atomic mass is 9.93. The lowest BCUT2D eigenvalue weighted by Crippen LogP contribution is -2.29. The molecule has 3 rings (SSSR count). The van der Waals surface area contributed by atoms with Crippen molar-refractivity contribution in [2.75, 3.05) is 16.9 Å². The number of hydrogen-bond acceptors (Lipinski definition) is 8. The van der Waals surface area contributed by atoms with Gasteiger partial charge < -0.3 is 21.5 Å². The maximum absolute atomic E-state index is 11.8. The smallest absolute Gasteiger partial charge is 0.271 e. The minimum atomic E-state index is -3.38. The highest BCUT2D eigenvalue weighted by molar-refractivity contribution is 7.90. The molecular formula is C18H23N5O4S. The Labute approximate surface area is 163 Å². The Hall–Kier alpha value is -2.72. The largest absolute Gasteiger partial charge is 0.393 e. The summed E-state index contributed by atoms with van der Waals surface area (Å²) >= 11 is 0. The summed E-state index contributed by atoms with van der Waals surface area (Å²) in [6.07, 6.45) is 5.33. The monoisotopic (exact) mass is 405 g/mol. The molecule has 10 heteroatoms. The maximum Gasteiger partial charge on any atom is 0.271 e. The SMILES string of the molecule is CS(=O)(=O)c1cccc(Nc2nc(N[C@H]3CC[C@H](O)CC3)cnc2C(N)=O)c1. The number of aromatic nitrogens is 2. The fourth-order valence-electron chi connectivity index (χ4n) is 3.10. The van der Waals surface area contributed by atoms with Crippen molar-refractivity contribution in [2.45, 2.75) is 42.7 Å². The summed E-state index contributed by atoms with van der Waals surface area (Å²) in [7, 11) is -3.38. The molecule has 1 heterocycles. The van der Waals surface area contributed by atoms with Crippen LogP contribution in [0.15, 0.2) is 35.4 Å². The Kier molecular flexibility index (Phi) is 5.80. The van der Waals surface area contributed by atoms with Crippen LogP contribution < -0.4 is 16.4 Å². The normalized spacial score (nSPS) is 19.8. The molecule has 150 valence electrons. The van der Waals surface area contributed by atoms with Gasteiger partial charge in [0.1, 0.15) is 5.82 Å². The van der Waals surface area contributed by atoms with Gasteiger partial charge in [-0.05, 0) is 43.9 Å². The van der Waals surface area contributed by atoms with Gasteiger partial charge in [0.2, 0.25) is 0 Å². The van der Waals surface area contributed by atoms with E-state index in [4.69, 9.17) is 5.73 Å². The van der Waals surface area contributed by atoms with Crippen LogP contribution in [-0.2, 0) is 9.84 Å². The molecule has 1 fully saturated rings. The number of carbonyl (C=O) groups excluding carboxylic acids is 1. The average Bonchev–Trinajstić information content (AvgIpc) is 2.63. The summed E-state index contributed by atoms with van der Waals surface area (Å²) in [6.45, 7) is 0. The van der Waals surface area contributed by atoms with Gasteiger partial charge in [-0.2, -0.15) is 0 Å². The summed E-state index contributed by atoms with van der Waals surface area (Å²) in [5.74, 6) is -0.145. The van der Waals surface area contributed by atoms with Crippen molar-refractivity contribution in [3.63, 3.8) is 0 Å². The fraction of sp³-hybridized carbons (Fsp3) is 0.389. The first-order chi connectivity index (χ1) is 13.2. The molecule has 0 spiro atoms. The van der Waals surface area contributed by atoms with Gasteiger partial charge in [-0.3, -0.25) is 4.79 Å². The molecule has 0 bridgehead atoms. The summed E-state index contributed by atoms with van der Waals surface area (Å²) in [5, 5.41) is 15.8. The number of anilines is 3. The molecule has 9 nitrogen and oxygen atoms in total. The van der Waals surface area contributed by atoms with E-state index in [1.54, 1.807) is 12.1 Å². The molecule has 28 heavy (non-hydrogen) atoms. The zero-order chi connectivity index (χ0) is 20.3. The molecule has 0 saturated heterocycles. The molecule has 1 aromatic carbocycles. The lowest BCUT2D eigenvalue weighted by molar-refractivity contribution is 0.0996. The highest BCUT2D eigenvalue weighted by atomic mass is 32.2. The molecule has 1 amide bonds. The van der Waals surface area contributed by atoms with Gasteiger partial charge in [0, 0.05) is 18.0 Å². The van der Waals surface area contributed by atoms with Crippen LogP contribution in [0.4, 0.5) is 17.3 Å². The number of aliphatic hydroxyl groups excluding tert-OH is 1. The Morgan fingerprint density at radius 2 is 1.96 bits per heavy atom. The van der Waals surface area contributed by atoms with Crippen LogP contribution in [0, 0.1) is 0 Å². The van der Waals surface area contributed by atoms with Gasteiger partial charge in [0.05, 0.1) is 17.2 Å². The molecule has 1 aromatic heterocycles. The average molecular weight is 405 g/mol. The van der Waals surface area contributed by atoms with Crippen molar-refractivity contribution < 1.29 is 18.3 Å². The van der Waals surface area contributed by atoms with E-state index in [2.05, 4.69) is 20.6 Å². The molecule has 1 aliphatic rings. The quantitative estimate of drug-likeness (QED) is 0.564. The first-order valence-corrected chi connectivity index (χ1v) is 10.8. The standard InChI is InChI=1S/C18H23N5O4S/c1-28(26,27)14-4-2-3-12(9-14)22-18-16(17(19)25)20-10-15(23-18)21-11-5-7-13(24)8-6-11/h2-4,9-11,13,24H,5-8H2,1H3,(H2,19,25)(H2,21,22,23)/t11-,13-. The number of sulfone groups is 1. The second kappa shape index (κ2) is 8.11. The van der Waals surface area contributed by atoms with Gasteiger partial charge >= 0.3 is 0 Å². The van der Waals surface area contributed by atoms with Crippen LogP contribution in [-0.4, -0.2) is 47.8 Å². The molecule has 1 saturated carbocycles. The van der Waals surface area contributed by atoms with E-state index < -0.39 is 15.7 Å². The van der Waals surface area contributed by atoms with Crippen LogP contribution in [0.2, 0.25) is 0 Å². The second-order valence-corrected chi connectivity index (χ2v) is 8.91. The number of nitrogens with one attached hydrogen (secondary N) is 2. The minimum absolute atomic E-state index is 0.0469. The van der Waals surface area contributed by atoms with Crippen molar-refractivity contribution in [3.05, 3.63) is 36.2 Å². The third-order valence-electron chi connectivity index (χ3n) is 4.58. The lowest BCUT2D eigenvalue weighted by Gasteiger charge is -2.26.